The lowest BCUT2D eigenvalue weighted by molar-refractivity contribution is -0.0000481. The van der Waals surface area contributed by atoms with E-state index in [0.717, 1.165) is 17.9 Å². The summed E-state index contributed by atoms with van der Waals surface area (Å²) in [5.74, 6) is 0.925. The number of hydrogen-bond donors (Lipinski definition) is 1. The van der Waals surface area contributed by atoms with Gasteiger partial charge in [0, 0.05) is 12.5 Å². The van der Waals surface area contributed by atoms with Crippen LogP contribution >= 0.6 is 0 Å². The van der Waals surface area contributed by atoms with Gasteiger partial charge in [0.15, 0.2) is 0 Å². The van der Waals surface area contributed by atoms with Crippen molar-refractivity contribution in [3.8, 4) is 5.75 Å². The van der Waals surface area contributed by atoms with Crippen molar-refractivity contribution in [3.63, 3.8) is 0 Å². The number of methoxy groups -OCH3 is 1. The number of nitrogens with two attached hydrogens (primary N) is 1. The van der Waals surface area contributed by atoms with E-state index >= 15 is 0 Å². The summed E-state index contributed by atoms with van der Waals surface area (Å²) in [5.41, 5.74) is 7.31. The first kappa shape index (κ1) is 16.3. The van der Waals surface area contributed by atoms with Crippen LogP contribution < -0.4 is 10.5 Å². The molecular weight excluding hydrogens is 262 g/mol. The maximum Gasteiger partial charge on any atom is 0.119 e. The highest BCUT2D eigenvalue weighted by atomic mass is 16.5. The largest absolute Gasteiger partial charge is 0.493 e. The Morgan fingerprint density at radius 1 is 1.19 bits per heavy atom. The molecule has 1 aliphatic carbocycles. The van der Waals surface area contributed by atoms with E-state index in [1.165, 1.54) is 25.7 Å². The molecule has 3 heteroatoms. The van der Waals surface area contributed by atoms with Crippen molar-refractivity contribution in [2.75, 3.05) is 13.7 Å². The van der Waals surface area contributed by atoms with Gasteiger partial charge >= 0.3 is 0 Å². The predicted molar refractivity (Wildman–Crippen MR) is 86.5 cm³/mol. The molecule has 1 fully saturated rings. The lowest BCUT2D eigenvalue weighted by atomic mass is 9.90. The van der Waals surface area contributed by atoms with Gasteiger partial charge in [0.1, 0.15) is 5.75 Å². The van der Waals surface area contributed by atoms with Crippen molar-refractivity contribution in [2.24, 2.45) is 11.1 Å². The summed E-state index contributed by atoms with van der Waals surface area (Å²) in [6.07, 6.45) is 5.22. The summed E-state index contributed by atoms with van der Waals surface area (Å²) in [6, 6.07) is 7.96. The second-order valence-corrected chi connectivity index (χ2v) is 7.16. The van der Waals surface area contributed by atoms with Crippen molar-refractivity contribution >= 4 is 0 Å². The van der Waals surface area contributed by atoms with Crippen LogP contribution in [-0.2, 0) is 4.74 Å². The minimum atomic E-state index is -0.375. The predicted octanol–water partition coefficient (Wildman–Crippen LogP) is 4.07. The Morgan fingerprint density at radius 2 is 1.76 bits per heavy atom. The number of hydrogen-bond acceptors (Lipinski definition) is 3. The third-order valence-corrected chi connectivity index (χ3v) is 4.91. The lowest BCUT2D eigenvalue weighted by Crippen LogP contribution is -2.37. The minimum Gasteiger partial charge on any atom is -0.493 e. The Hall–Kier alpha value is -1.06. The van der Waals surface area contributed by atoms with Crippen molar-refractivity contribution in [1.29, 1.82) is 0 Å². The molecule has 0 bridgehead atoms. The van der Waals surface area contributed by atoms with E-state index in [-0.39, 0.29) is 11.6 Å². The molecule has 21 heavy (non-hydrogen) atoms. The first-order valence-electron chi connectivity index (χ1n) is 7.90. The summed E-state index contributed by atoms with van der Waals surface area (Å²) >= 11 is 0. The molecule has 1 aromatic rings. The molecule has 2 rings (SSSR count). The third kappa shape index (κ3) is 3.98. The van der Waals surface area contributed by atoms with Crippen LogP contribution in [0.3, 0.4) is 0 Å². The fourth-order valence-electron chi connectivity index (χ4n) is 2.93. The molecule has 118 valence electrons. The van der Waals surface area contributed by atoms with Crippen molar-refractivity contribution in [3.05, 3.63) is 29.8 Å². The smallest absolute Gasteiger partial charge is 0.119 e. The molecule has 1 aromatic carbocycles. The van der Waals surface area contributed by atoms with Crippen molar-refractivity contribution in [1.82, 2.24) is 0 Å². The number of benzene rings is 1. The van der Waals surface area contributed by atoms with Crippen LogP contribution in [0.15, 0.2) is 24.3 Å². The van der Waals surface area contributed by atoms with E-state index in [0.29, 0.717) is 5.41 Å². The molecule has 0 saturated heterocycles. The minimum absolute atomic E-state index is 0.149. The molecule has 3 nitrogen and oxygen atoms in total. The molecule has 2 N–H and O–H groups in total. The zero-order valence-corrected chi connectivity index (χ0v) is 13.8. The zero-order valence-electron chi connectivity index (χ0n) is 13.8. The molecule has 1 saturated carbocycles. The van der Waals surface area contributed by atoms with Crippen molar-refractivity contribution in [2.45, 2.75) is 58.1 Å². The third-order valence-electron chi connectivity index (χ3n) is 4.91. The van der Waals surface area contributed by atoms with Crippen LogP contribution in [0.25, 0.3) is 0 Å². The van der Waals surface area contributed by atoms with Crippen LogP contribution in [0, 0.1) is 5.41 Å². The molecule has 0 heterocycles. The molecule has 1 unspecified atom stereocenters. The average molecular weight is 291 g/mol. The highest BCUT2D eigenvalue weighted by Crippen LogP contribution is 2.38. The highest BCUT2D eigenvalue weighted by Gasteiger charge is 2.30. The van der Waals surface area contributed by atoms with Gasteiger partial charge in [-0.1, -0.05) is 31.9 Å². The van der Waals surface area contributed by atoms with Gasteiger partial charge in [-0.05, 0) is 44.4 Å². The topological polar surface area (TPSA) is 44.5 Å². The molecule has 0 amide bonds. The standard InChI is InChI=1S/C18H29NO2/c1-17(2,20-4)16(19)14-7-9-15(10-8-14)21-13-18(3)11-5-6-12-18/h7-10,16H,5-6,11-13,19H2,1-4H3. The summed E-state index contributed by atoms with van der Waals surface area (Å²) in [4.78, 5) is 0. The Bertz CT molecular complexity index is 447. The van der Waals surface area contributed by atoms with Gasteiger partial charge in [0.25, 0.3) is 0 Å². The van der Waals surface area contributed by atoms with Gasteiger partial charge in [0.05, 0.1) is 18.2 Å². The fraction of sp³-hybridized carbons (Fsp3) is 0.667. The first-order valence-corrected chi connectivity index (χ1v) is 7.90. The van der Waals surface area contributed by atoms with Gasteiger partial charge in [-0.25, -0.2) is 0 Å². The molecule has 0 radical (unpaired) electrons. The van der Waals surface area contributed by atoms with Crippen LogP contribution in [-0.4, -0.2) is 19.3 Å². The summed E-state index contributed by atoms with van der Waals surface area (Å²) in [5, 5.41) is 0. The van der Waals surface area contributed by atoms with E-state index < -0.39 is 0 Å². The maximum atomic E-state index is 6.26. The van der Waals surface area contributed by atoms with Gasteiger partial charge in [-0.2, -0.15) is 0 Å². The van der Waals surface area contributed by atoms with Gasteiger partial charge < -0.3 is 15.2 Å². The molecule has 1 aliphatic rings. The highest BCUT2D eigenvalue weighted by molar-refractivity contribution is 5.30. The molecule has 0 spiro atoms. The Balaban J connectivity index is 1.96. The van der Waals surface area contributed by atoms with E-state index in [1.807, 2.05) is 38.1 Å². The maximum absolute atomic E-state index is 6.26. The fourth-order valence-corrected chi connectivity index (χ4v) is 2.93. The van der Waals surface area contributed by atoms with Gasteiger partial charge in [-0.15, -0.1) is 0 Å². The van der Waals surface area contributed by atoms with Crippen LogP contribution in [0.1, 0.15) is 58.1 Å². The van der Waals surface area contributed by atoms with Crippen molar-refractivity contribution < 1.29 is 9.47 Å². The van der Waals surface area contributed by atoms with E-state index in [9.17, 15) is 0 Å². The molecule has 1 atom stereocenters. The SMILES string of the molecule is COC(C)(C)C(N)c1ccc(OCC2(C)CCCC2)cc1. The second kappa shape index (κ2) is 6.37. The quantitative estimate of drug-likeness (QED) is 0.859. The lowest BCUT2D eigenvalue weighted by Gasteiger charge is -2.30. The summed E-state index contributed by atoms with van der Waals surface area (Å²) < 4.78 is 11.4. The van der Waals surface area contributed by atoms with Gasteiger partial charge in [0.2, 0.25) is 0 Å². The molecule has 0 aromatic heterocycles. The number of rotatable bonds is 6. The summed E-state index contributed by atoms with van der Waals surface area (Å²) in [6.45, 7) is 7.14. The Labute approximate surface area is 128 Å². The monoisotopic (exact) mass is 291 g/mol. The van der Waals surface area contributed by atoms with E-state index in [2.05, 4.69) is 6.92 Å². The average Bonchev–Trinajstić information content (AvgIpc) is 2.92. The normalized spacial score (nSPS) is 19.5. The Morgan fingerprint density at radius 3 is 2.29 bits per heavy atom. The molecular formula is C18H29NO2. The number of ether oxygens (including phenoxy) is 2. The van der Waals surface area contributed by atoms with Gasteiger partial charge in [-0.3, -0.25) is 0 Å². The molecule has 0 aliphatic heterocycles. The van der Waals surface area contributed by atoms with Crippen LogP contribution in [0.2, 0.25) is 0 Å². The first-order chi connectivity index (χ1) is 9.86. The van der Waals surface area contributed by atoms with E-state index in [4.69, 9.17) is 15.2 Å². The zero-order chi connectivity index (χ0) is 15.5. The Kier molecular flexibility index (Phi) is 4.95. The van der Waals surface area contributed by atoms with E-state index in [1.54, 1.807) is 7.11 Å². The second-order valence-electron chi connectivity index (χ2n) is 7.16. The van der Waals surface area contributed by atoms with Crippen LogP contribution in [0.5, 0.6) is 5.75 Å². The summed E-state index contributed by atoms with van der Waals surface area (Å²) in [7, 11) is 1.69. The van der Waals surface area contributed by atoms with Crippen LogP contribution in [0.4, 0.5) is 0 Å².